The van der Waals surface area contributed by atoms with Crippen molar-refractivity contribution in [3.63, 3.8) is 0 Å². The normalized spacial score (nSPS) is 10.9. The van der Waals surface area contributed by atoms with Gasteiger partial charge in [-0.1, -0.05) is 66.4 Å². The maximum Gasteiger partial charge on any atom is 1.00 e. The Labute approximate surface area is 172 Å². The Balaban J connectivity index is 0.00000168. The molecule has 2 aromatic heterocycles. The number of rotatable bonds is 1. The van der Waals surface area contributed by atoms with Crippen LogP contribution in [0.2, 0.25) is 0 Å². The summed E-state index contributed by atoms with van der Waals surface area (Å²) in [7, 11) is 0. The van der Waals surface area contributed by atoms with E-state index in [1.54, 1.807) is 18.3 Å². The third kappa shape index (κ3) is 2.65. The summed E-state index contributed by atoms with van der Waals surface area (Å²) >= 11 is 0. The average Bonchev–Trinajstić information content (AvgIpc) is 2.67. The average molecular weight is 344 g/mol. The van der Waals surface area contributed by atoms with E-state index in [1.165, 1.54) is 0 Å². The second-order valence-corrected chi connectivity index (χ2v) is 6.07. The third-order valence-corrected chi connectivity index (χ3v) is 4.58. The molecule has 0 N–H and O–H groups in total. The van der Waals surface area contributed by atoms with Gasteiger partial charge in [-0.2, -0.15) is 0 Å². The van der Waals surface area contributed by atoms with Gasteiger partial charge in [0.25, 0.3) is 0 Å². The summed E-state index contributed by atoms with van der Waals surface area (Å²) in [6, 6.07) is 23.2. The summed E-state index contributed by atoms with van der Waals surface area (Å²) < 4.78 is 0. The molecule has 4 heteroatoms. The fraction of sp³-hybridized carbons (Fsp3) is 0. The molecule has 5 rings (SSSR count). The second kappa shape index (κ2) is 6.69. The molecule has 118 valence electrons. The van der Waals surface area contributed by atoms with Gasteiger partial charge in [0.15, 0.2) is 0 Å². The Bertz CT molecular complexity index is 1260. The van der Waals surface area contributed by atoms with E-state index in [9.17, 15) is 5.11 Å². The molecule has 0 unspecified atom stereocenters. The minimum absolute atomic E-state index is 0. The van der Waals surface area contributed by atoms with Crippen LogP contribution in [0, 0.1) is 0 Å². The van der Waals surface area contributed by atoms with Crippen molar-refractivity contribution in [1.82, 2.24) is 9.97 Å². The minimum Gasteiger partial charge on any atom is -0.872 e. The Kier molecular flexibility index (Phi) is 4.37. The molecule has 0 saturated carbocycles. The molecule has 0 bridgehead atoms. The molecule has 0 aliphatic carbocycles. The van der Waals surface area contributed by atoms with E-state index in [4.69, 9.17) is 4.98 Å². The summed E-state index contributed by atoms with van der Waals surface area (Å²) in [6.45, 7) is 0. The molecule has 2 heterocycles. The zero-order valence-electron chi connectivity index (χ0n) is 14.3. The first-order valence-corrected chi connectivity index (χ1v) is 8.15. The SMILES string of the molecule is [Na+].[O-]c1ccccc1-c1ccc2ccc3ccc4cccnc4c3c2n1. The second-order valence-electron chi connectivity index (χ2n) is 6.07. The van der Waals surface area contributed by atoms with E-state index >= 15 is 0 Å². The third-order valence-electron chi connectivity index (χ3n) is 4.58. The van der Waals surface area contributed by atoms with Gasteiger partial charge in [0.2, 0.25) is 0 Å². The predicted octanol–water partition coefficient (Wildman–Crippen LogP) is 1.68. The fourth-order valence-corrected chi connectivity index (χ4v) is 3.36. The summed E-state index contributed by atoms with van der Waals surface area (Å²) in [4.78, 5) is 9.42. The molecule has 0 atom stereocenters. The molecule has 0 radical (unpaired) electrons. The largest absolute Gasteiger partial charge is 1.00 e. The number of para-hydroxylation sites is 1. The zero-order chi connectivity index (χ0) is 16.8. The number of benzene rings is 3. The van der Waals surface area contributed by atoms with Gasteiger partial charge in [-0.25, -0.2) is 4.98 Å². The van der Waals surface area contributed by atoms with Crippen molar-refractivity contribution in [1.29, 1.82) is 0 Å². The van der Waals surface area contributed by atoms with E-state index in [1.807, 2.05) is 30.3 Å². The molecule has 0 saturated heterocycles. The molecule has 3 nitrogen and oxygen atoms in total. The van der Waals surface area contributed by atoms with Crippen molar-refractivity contribution in [3.8, 4) is 17.0 Å². The van der Waals surface area contributed by atoms with Crippen LogP contribution in [0.1, 0.15) is 0 Å². The topological polar surface area (TPSA) is 48.8 Å². The summed E-state index contributed by atoms with van der Waals surface area (Å²) in [5.41, 5.74) is 3.13. The van der Waals surface area contributed by atoms with Gasteiger partial charge in [0, 0.05) is 22.4 Å². The van der Waals surface area contributed by atoms with E-state index in [-0.39, 0.29) is 35.3 Å². The summed E-state index contributed by atoms with van der Waals surface area (Å²) in [5, 5.41) is 16.4. The van der Waals surface area contributed by atoms with Gasteiger partial charge in [0.05, 0.1) is 16.7 Å². The smallest absolute Gasteiger partial charge is 0.872 e. The van der Waals surface area contributed by atoms with Crippen LogP contribution in [0.15, 0.2) is 79.0 Å². The van der Waals surface area contributed by atoms with Gasteiger partial charge in [-0.3, -0.25) is 4.98 Å². The van der Waals surface area contributed by atoms with Crippen LogP contribution in [0.5, 0.6) is 5.75 Å². The zero-order valence-corrected chi connectivity index (χ0v) is 16.3. The number of hydrogen-bond acceptors (Lipinski definition) is 3. The summed E-state index contributed by atoms with van der Waals surface area (Å²) in [6.07, 6.45) is 1.80. The van der Waals surface area contributed by atoms with E-state index in [0.717, 1.165) is 32.6 Å². The van der Waals surface area contributed by atoms with Crippen molar-refractivity contribution in [2.45, 2.75) is 0 Å². The Morgan fingerprint density at radius 1 is 0.654 bits per heavy atom. The first-order valence-electron chi connectivity index (χ1n) is 8.15. The van der Waals surface area contributed by atoms with Gasteiger partial charge in [0.1, 0.15) is 0 Å². The maximum atomic E-state index is 12.2. The molecule has 26 heavy (non-hydrogen) atoms. The van der Waals surface area contributed by atoms with Crippen molar-refractivity contribution in [2.24, 2.45) is 0 Å². The Hall–Kier alpha value is -2.46. The van der Waals surface area contributed by atoms with Gasteiger partial charge >= 0.3 is 29.6 Å². The Morgan fingerprint density at radius 3 is 2.15 bits per heavy atom. The quantitative estimate of drug-likeness (QED) is 0.343. The van der Waals surface area contributed by atoms with Crippen LogP contribution in [0.3, 0.4) is 0 Å². The molecular formula is C22H13N2NaO. The first-order chi connectivity index (χ1) is 12.3. The molecular weight excluding hydrogens is 331 g/mol. The van der Waals surface area contributed by atoms with E-state index < -0.39 is 0 Å². The maximum absolute atomic E-state index is 12.2. The van der Waals surface area contributed by atoms with Crippen LogP contribution in [-0.4, -0.2) is 9.97 Å². The number of aromatic nitrogens is 2. The van der Waals surface area contributed by atoms with Crippen molar-refractivity contribution < 1.29 is 34.7 Å². The monoisotopic (exact) mass is 344 g/mol. The van der Waals surface area contributed by atoms with Crippen LogP contribution in [0.25, 0.3) is 43.8 Å². The van der Waals surface area contributed by atoms with Crippen molar-refractivity contribution >= 4 is 32.6 Å². The Morgan fingerprint density at radius 2 is 1.35 bits per heavy atom. The molecule has 0 amide bonds. The fourth-order valence-electron chi connectivity index (χ4n) is 3.36. The molecule has 0 aliphatic heterocycles. The molecule has 5 aromatic rings. The number of nitrogens with zero attached hydrogens (tertiary/aromatic N) is 2. The number of hydrogen-bond donors (Lipinski definition) is 0. The van der Waals surface area contributed by atoms with Crippen LogP contribution in [-0.2, 0) is 0 Å². The molecule has 3 aromatic carbocycles. The van der Waals surface area contributed by atoms with E-state index in [2.05, 4.69) is 35.3 Å². The predicted molar refractivity (Wildman–Crippen MR) is 99.4 cm³/mol. The first kappa shape index (κ1) is 17.0. The van der Waals surface area contributed by atoms with Gasteiger partial charge < -0.3 is 5.11 Å². The molecule has 0 fully saturated rings. The number of fused-ring (bicyclic) bond motifs is 5. The van der Waals surface area contributed by atoms with Gasteiger partial charge in [-0.15, -0.1) is 0 Å². The standard InChI is InChI=1S/C22H14N2O.Na/c25-19-6-2-1-5-17(19)18-12-11-16-10-8-14-7-9-15-4-3-13-23-21(15)20(14)22(16)24-18;/h1-13,25H;/q;+1/p-1. The van der Waals surface area contributed by atoms with Gasteiger partial charge in [-0.05, 0) is 23.1 Å². The van der Waals surface area contributed by atoms with E-state index in [0.29, 0.717) is 11.3 Å². The van der Waals surface area contributed by atoms with Crippen molar-refractivity contribution in [3.05, 3.63) is 79.0 Å². The minimum atomic E-state index is -0.0161. The van der Waals surface area contributed by atoms with Crippen LogP contribution in [0.4, 0.5) is 0 Å². The van der Waals surface area contributed by atoms with Crippen LogP contribution < -0.4 is 34.7 Å². The summed E-state index contributed by atoms with van der Waals surface area (Å²) in [5.74, 6) is -0.0161. The number of pyridine rings is 2. The molecule has 0 spiro atoms. The van der Waals surface area contributed by atoms with Crippen molar-refractivity contribution in [2.75, 3.05) is 0 Å². The van der Waals surface area contributed by atoms with Crippen LogP contribution >= 0.6 is 0 Å². The molecule has 0 aliphatic rings.